The summed E-state index contributed by atoms with van der Waals surface area (Å²) in [7, 11) is 0. The number of aromatic nitrogens is 1. The van der Waals surface area contributed by atoms with E-state index in [1.54, 1.807) is 0 Å². The number of nitrogens with one attached hydrogen (secondary N) is 1. The average molecular weight is 310 g/mol. The summed E-state index contributed by atoms with van der Waals surface area (Å²) >= 11 is 0. The van der Waals surface area contributed by atoms with Gasteiger partial charge in [-0.15, -0.1) is 0 Å². The first-order valence-electron chi connectivity index (χ1n) is 8.70. The molecule has 0 unspecified atom stereocenters. The molecule has 0 aliphatic heterocycles. The number of hydrogen-bond acceptors (Lipinski definition) is 3. The SMILES string of the molecule is O=C(O/N=C1\CCCc2c1[nH]c1ccccc21)C1CCCCC1. The predicted octanol–water partition coefficient (Wildman–Crippen LogP) is 4.33. The van der Waals surface area contributed by atoms with E-state index in [9.17, 15) is 4.79 Å². The molecule has 2 aliphatic rings. The number of carbonyl (C=O) groups excluding carboxylic acids is 1. The number of H-pyrrole nitrogens is 1. The third-order valence-electron chi connectivity index (χ3n) is 5.13. The van der Waals surface area contributed by atoms with Crippen LogP contribution in [0.5, 0.6) is 0 Å². The third-order valence-corrected chi connectivity index (χ3v) is 5.13. The molecule has 2 aromatic rings. The van der Waals surface area contributed by atoms with Crippen LogP contribution in [0.3, 0.4) is 0 Å². The van der Waals surface area contributed by atoms with E-state index in [-0.39, 0.29) is 11.9 Å². The van der Waals surface area contributed by atoms with Crippen molar-refractivity contribution in [2.75, 3.05) is 0 Å². The Morgan fingerprint density at radius 1 is 1.09 bits per heavy atom. The van der Waals surface area contributed by atoms with E-state index >= 15 is 0 Å². The fourth-order valence-corrected chi connectivity index (χ4v) is 3.87. The molecule has 0 bridgehead atoms. The monoisotopic (exact) mass is 310 g/mol. The number of rotatable bonds is 2. The number of carbonyl (C=O) groups is 1. The summed E-state index contributed by atoms with van der Waals surface area (Å²) in [6.45, 7) is 0. The van der Waals surface area contributed by atoms with E-state index in [0.717, 1.165) is 61.9 Å². The van der Waals surface area contributed by atoms with Crippen molar-refractivity contribution in [3.05, 3.63) is 35.5 Å². The summed E-state index contributed by atoms with van der Waals surface area (Å²) in [5.41, 5.74) is 4.37. The lowest BCUT2D eigenvalue weighted by atomic mass is 9.89. The van der Waals surface area contributed by atoms with Crippen LogP contribution in [0.15, 0.2) is 29.4 Å². The number of nitrogens with zero attached hydrogens (tertiary/aromatic N) is 1. The number of para-hydroxylation sites is 1. The van der Waals surface area contributed by atoms with Gasteiger partial charge in [0.15, 0.2) is 0 Å². The molecule has 23 heavy (non-hydrogen) atoms. The van der Waals surface area contributed by atoms with Gasteiger partial charge in [0.1, 0.15) is 5.71 Å². The second kappa shape index (κ2) is 6.19. The van der Waals surface area contributed by atoms with Crippen LogP contribution in [0.4, 0.5) is 0 Å². The lowest BCUT2D eigenvalue weighted by Gasteiger charge is -2.19. The summed E-state index contributed by atoms with van der Waals surface area (Å²) in [5.74, 6) is -0.112. The lowest BCUT2D eigenvalue weighted by molar-refractivity contribution is -0.149. The highest BCUT2D eigenvalue weighted by Crippen LogP contribution is 2.30. The zero-order valence-corrected chi connectivity index (χ0v) is 13.3. The van der Waals surface area contributed by atoms with Gasteiger partial charge < -0.3 is 9.82 Å². The van der Waals surface area contributed by atoms with Crippen molar-refractivity contribution in [2.45, 2.75) is 51.4 Å². The van der Waals surface area contributed by atoms with Crippen LogP contribution in [0.2, 0.25) is 0 Å². The molecule has 120 valence electrons. The van der Waals surface area contributed by atoms with Crippen LogP contribution in [-0.2, 0) is 16.1 Å². The molecule has 1 saturated carbocycles. The molecule has 1 N–H and O–H groups in total. The van der Waals surface area contributed by atoms with E-state index < -0.39 is 0 Å². The Balaban J connectivity index is 1.57. The van der Waals surface area contributed by atoms with Crippen LogP contribution in [-0.4, -0.2) is 16.7 Å². The zero-order valence-electron chi connectivity index (χ0n) is 13.3. The molecule has 0 amide bonds. The predicted molar refractivity (Wildman–Crippen MR) is 90.4 cm³/mol. The van der Waals surface area contributed by atoms with Crippen molar-refractivity contribution in [1.82, 2.24) is 4.98 Å². The quantitative estimate of drug-likeness (QED) is 0.663. The number of benzene rings is 1. The van der Waals surface area contributed by atoms with Crippen molar-refractivity contribution in [3.8, 4) is 0 Å². The normalized spacial score (nSPS) is 20.6. The van der Waals surface area contributed by atoms with Crippen molar-refractivity contribution in [2.24, 2.45) is 11.1 Å². The highest BCUT2D eigenvalue weighted by molar-refractivity contribution is 6.06. The van der Waals surface area contributed by atoms with Crippen molar-refractivity contribution in [1.29, 1.82) is 0 Å². The molecule has 1 fully saturated rings. The first-order valence-corrected chi connectivity index (χ1v) is 8.70. The average Bonchev–Trinajstić information content (AvgIpc) is 3.00. The van der Waals surface area contributed by atoms with Gasteiger partial charge in [0.05, 0.1) is 11.6 Å². The van der Waals surface area contributed by atoms with Gasteiger partial charge in [-0.2, -0.15) is 0 Å². The largest absolute Gasteiger partial charge is 0.353 e. The topological polar surface area (TPSA) is 54.4 Å². The molecule has 2 aliphatic carbocycles. The van der Waals surface area contributed by atoms with E-state index in [0.29, 0.717) is 0 Å². The van der Waals surface area contributed by atoms with Crippen LogP contribution in [0.1, 0.15) is 56.2 Å². The molecule has 1 aromatic carbocycles. The van der Waals surface area contributed by atoms with Gasteiger partial charge in [-0.3, -0.25) is 0 Å². The van der Waals surface area contributed by atoms with E-state index in [1.165, 1.54) is 17.4 Å². The standard InChI is InChI=1S/C19H22N2O2/c22-19(13-7-2-1-3-8-13)23-21-17-12-6-10-15-14-9-4-5-11-16(14)20-18(15)17/h4-5,9,11,13,20H,1-3,6-8,10,12H2/b21-17+. The minimum atomic E-state index is -0.152. The Labute approximate surface area is 135 Å². The summed E-state index contributed by atoms with van der Waals surface area (Å²) in [6.07, 6.45) is 8.34. The number of oxime groups is 1. The number of aryl methyl sites for hydroxylation is 1. The van der Waals surface area contributed by atoms with E-state index in [2.05, 4.69) is 28.3 Å². The van der Waals surface area contributed by atoms with Crippen LogP contribution >= 0.6 is 0 Å². The summed E-state index contributed by atoms with van der Waals surface area (Å²) in [4.78, 5) is 20.9. The van der Waals surface area contributed by atoms with Crippen molar-refractivity contribution >= 4 is 22.6 Å². The van der Waals surface area contributed by atoms with E-state index in [4.69, 9.17) is 4.84 Å². The highest BCUT2D eigenvalue weighted by Gasteiger charge is 2.25. The molecule has 0 atom stereocenters. The minimum Gasteiger partial charge on any atom is -0.353 e. The first-order chi connectivity index (χ1) is 11.3. The van der Waals surface area contributed by atoms with Gasteiger partial charge in [-0.25, -0.2) is 4.79 Å². The van der Waals surface area contributed by atoms with Gasteiger partial charge in [-0.05, 0) is 43.7 Å². The molecule has 4 heteroatoms. The van der Waals surface area contributed by atoms with Crippen molar-refractivity contribution in [3.63, 3.8) is 0 Å². The molecule has 4 nitrogen and oxygen atoms in total. The first kappa shape index (κ1) is 14.5. The second-order valence-electron chi connectivity index (χ2n) is 6.66. The Morgan fingerprint density at radius 3 is 2.78 bits per heavy atom. The Morgan fingerprint density at radius 2 is 1.91 bits per heavy atom. The molecule has 4 rings (SSSR count). The maximum absolute atomic E-state index is 12.2. The summed E-state index contributed by atoms with van der Waals surface area (Å²) in [5, 5.41) is 5.49. The van der Waals surface area contributed by atoms with Gasteiger partial charge in [0.25, 0.3) is 0 Å². The fourth-order valence-electron chi connectivity index (χ4n) is 3.87. The Bertz CT molecular complexity index is 754. The molecule has 0 spiro atoms. The number of aromatic amines is 1. The van der Waals surface area contributed by atoms with Gasteiger partial charge in [0.2, 0.25) is 0 Å². The smallest absolute Gasteiger partial charge is 0.338 e. The Hall–Kier alpha value is -2.10. The molecule has 0 saturated heterocycles. The summed E-state index contributed by atoms with van der Waals surface area (Å²) < 4.78 is 0. The fraction of sp³-hybridized carbons (Fsp3) is 0.474. The summed E-state index contributed by atoms with van der Waals surface area (Å²) in [6, 6.07) is 8.32. The third kappa shape index (κ3) is 2.78. The van der Waals surface area contributed by atoms with Gasteiger partial charge >= 0.3 is 5.97 Å². The van der Waals surface area contributed by atoms with Gasteiger partial charge in [0, 0.05) is 10.9 Å². The maximum atomic E-state index is 12.2. The Kier molecular flexibility index (Phi) is 3.90. The van der Waals surface area contributed by atoms with Crippen LogP contribution < -0.4 is 0 Å². The van der Waals surface area contributed by atoms with Crippen LogP contribution in [0.25, 0.3) is 10.9 Å². The molecular weight excluding hydrogens is 288 g/mol. The zero-order chi connectivity index (χ0) is 15.6. The molecule has 1 heterocycles. The minimum absolute atomic E-state index is 0.0406. The van der Waals surface area contributed by atoms with Crippen molar-refractivity contribution < 1.29 is 9.63 Å². The van der Waals surface area contributed by atoms with E-state index in [1.807, 2.05) is 6.07 Å². The molecular formula is C19H22N2O2. The number of fused-ring (bicyclic) bond motifs is 3. The maximum Gasteiger partial charge on any atom is 0.338 e. The number of hydrogen-bond donors (Lipinski definition) is 1. The highest BCUT2D eigenvalue weighted by atomic mass is 16.7. The lowest BCUT2D eigenvalue weighted by Crippen LogP contribution is -2.20. The van der Waals surface area contributed by atoms with Crippen LogP contribution in [0, 0.1) is 5.92 Å². The molecule has 1 aromatic heterocycles. The molecule has 0 radical (unpaired) electrons. The van der Waals surface area contributed by atoms with Gasteiger partial charge in [-0.1, -0.05) is 42.6 Å². The second-order valence-corrected chi connectivity index (χ2v) is 6.66.